The molecule has 1 unspecified atom stereocenters. The fourth-order valence-electron chi connectivity index (χ4n) is 4.32. The smallest absolute Gasteiger partial charge is 0.133 e. The largest absolute Gasteiger partial charge is 0.389 e. The molecule has 0 saturated heterocycles. The van der Waals surface area contributed by atoms with E-state index in [1.807, 2.05) is 24.3 Å². The highest BCUT2D eigenvalue weighted by atomic mass is 16.5. The van der Waals surface area contributed by atoms with Crippen LogP contribution in [0.25, 0.3) is 0 Å². The van der Waals surface area contributed by atoms with E-state index in [2.05, 4.69) is 34.5 Å². The first-order chi connectivity index (χ1) is 13.6. The number of β-amino-alcohol motifs (C(OH)–C–C–N with tert-alkyl or cyclic N) is 1. The Hall–Kier alpha value is -2.37. The normalized spacial score (nSPS) is 21.6. The molecular weight excluding hydrogens is 352 g/mol. The number of rotatable bonds is 7. The van der Waals surface area contributed by atoms with Crippen LogP contribution >= 0.6 is 0 Å². The van der Waals surface area contributed by atoms with Crippen LogP contribution in [0.2, 0.25) is 0 Å². The summed E-state index contributed by atoms with van der Waals surface area (Å²) in [6, 6.07) is 16.4. The van der Waals surface area contributed by atoms with E-state index in [0.29, 0.717) is 13.0 Å². The Kier molecular flexibility index (Phi) is 5.64. The summed E-state index contributed by atoms with van der Waals surface area (Å²) in [7, 11) is 0. The highest BCUT2D eigenvalue weighted by Gasteiger charge is 2.31. The first kappa shape index (κ1) is 19.0. The van der Waals surface area contributed by atoms with Crippen LogP contribution < -0.4 is 10.2 Å². The van der Waals surface area contributed by atoms with Gasteiger partial charge in [-0.05, 0) is 49.4 Å². The molecule has 0 saturated carbocycles. The van der Waals surface area contributed by atoms with Crippen molar-refractivity contribution in [2.24, 2.45) is 0 Å². The minimum Gasteiger partial charge on any atom is -0.389 e. The van der Waals surface area contributed by atoms with Gasteiger partial charge in [-0.3, -0.25) is 4.79 Å². The molecule has 2 N–H and O–H groups in total. The second-order valence-electron chi connectivity index (χ2n) is 7.80. The number of hydrogen-bond acceptors (Lipinski definition) is 5. The SMILES string of the molecule is CC(=O)CC1Nc2ccccc2N1C[C@H](O)CO[C@H]1CCCc2ccccc21. The number of nitrogens with zero attached hydrogens (tertiary/aromatic N) is 1. The Morgan fingerprint density at radius 2 is 2.04 bits per heavy atom. The Morgan fingerprint density at radius 3 is 2.89 bits per heavy atom. The topological polar surface area (TPSA) is 61.8 Å². The zero-order valence-electron chi connectivity index (χ0n) is 16.3. The van der Waals surface area contributed by atoms with E-state index in [9.17, 15) is 9.90 Å². The average molecular weight is 380 g/mol. The molecule has 28 heavy (non-hydrogen) atoms. The van der Waals surface area contributed by atoms with Crippen LogP contribution in [0.4, 0.5) is 11.4 Å². The molecule has 4 rings (SSSR count). The van der Waals surface area contributed by atoms with Crippen molar-refractivity contribution in [3.05, 3.63) is 59.7 Å². The number of ether oxygens (including phenoxy) is 1. The number of para-hydroxylation sites is 2. The number of carbonyl (C=O) groups is 1. The number of benzene rings is 2. The van der Waals surface area contributed by atoms with E-state index in [-0.39, 0.29) is 24.7 Å². The molecule has 0 bridgehead atoms. The van der Waals surface area contributed by atoms with Gasteiger partial charge in [0.2, 0.25) is 0 Å². The van der Waals surface area contributed by atoms with Crippen molar-refractivity contribution in [3.8, 4) is 0 Å². The quantitative estimate of drug-likeness (QED) is 0.767. The molecule has 0 fully saturated rings. The maximum absolute atomic E-state index is 11.7. The van der Waals surface area contributed by atoms with Crippen LogP contribution in [-0.4, -0.2) is 36.3 Å². The van der Waals surface area contributed by atoms with Gasteiger partial charge in [0, 0.05) is 13.0 Å². The maximum Gasteiger partial charge on any atom is 0.133 e. The van der Waals surface area contributed by atoms with E-state index in [1.54, 1.807) is 6.92 Å². The molecule has 0 amide bonds. The second-order valence-corrected chi connectivity index (χ2v) is 7.80. The lowest BCUT2D eigenvalue weighted by Crippen LogP contribution is -2.43. The van der Waals surface area contributed by atoms with Crippen molar-refractivity contribution >= 4 is 17.2 Å². The Balaban J connectivity index is 1.40. The van der Waals surface area contributed by atoms with Crippen LogP contribution in [0.1, 0.15) is 43.4 Å². The summed E-state index contributed by atoms with van der Waals surface area (Å²) in [5.41, 5.74) is 4.63. The Bertz CT molecular complexity index is 838. The fourth-order valence-corrected chi connectivity index (χ4v) is 4.32. The number of fused-ring (bicyclic) bond motifs is 2. The molecule has 0 spiro atoms. The third kappa shape index (κ3) is 4.05. The lowest BCUT2D eigenvalue weighted by molar-refractivity contribution is -0.117. The lowest BCUT2D eigenvalue weighted by atomic mass is 9.89. The number of carbonyl (C=O) groups excluding carboxylic acids is 1. The van der Waals surface area contributed by atoms with Crippen molar-refractivity contribution in [2.75, 3.05) is 23.4 Å². The second kappa shape index (κ2) is 8.33. The summed E-state index contributed by atoms with van der Waals surface area (Å²) in [4.78, 5) is 13.8. The number of nitrogens with one attached hydrogen (secondary N) is 1. The van der Waals surface area contributed by atoms with Crippen LogP contribution in [0.15, 0.2) is 48.5 Å². The van der Waals surface area contributed by atoms with Gasteiger partial charge in [0.25, 0.3) is 0 Å². The fraction of sp³-hybridized carbons (Fsp3) is 0.435. The minimum atomic E-state index is -0.628. The van der Waals surface area contributed by atoms with Gasteiger partial charge in [0.15, 0.2) is 0 Å². The first-order valence-electron chi connectivity index (χ1n) is 10.1. The highest BCUT2D eigenvalue weighted by Crippen LogP contribution is 2.36. The number of aliphatic hydroxyl groups is 1. The zero-order chi connectivity index (χ0) is 19.5. The van der Waals surface area contributed by atoms with Crippen molar-refractivity contribution < 1.29 is 14.6 Å². The minimum absolute atomic E-state index is 0.0524. The summed E-state index contributed by atoms with van der Waals surface area (Å²) >= 11 is 0. The molecular formula is C23H28N2O3. The molecule has 0 radical (unpaired) electrons. The molecule has 2 aromatic rings. The molecule has 2 aliphatic rings. The molecule has 1 aliphatic heterocycles. The van der Waals surface area contributed by atoms with Crippen molar-refractivity contribution in [3.63, 3.8) is 0 Å². The third-order valence-corrected chi connectivity index (χ3v) is 5.60. The molecule has 1 heterocycles. The third-order valence-electron chi connectivity index (χ3n) is 5.60. The molecule has 1 aliphatic carbocycles. The summed E-state index contributed by atoms with van der Waals surface area (Å²) in [5, 5.41) is 14.1. The number of anilines is 2. The van der Waals surface area contributed by atoms with Crippen molar-refractivity contribution in [1.82, 2.24) is 0 Å². The Labute approximate surface area is 166 Å². The number of ketones is 1. The monoisotopic (exact) mass is 380 g/mol. The molecule has 5 nitrogen and oxygen atoms in total. The summed E-state index contributed by atoms with van der Waals surface area (Å²) in [6.07, 6.45) is 2.90. The zero-order valence-corrected chi connectivity index (χ0v) is 16.3. The number of Topliss-reactive ketones (excluding diaryl/α,β-unsaturated/α-hetero) is 1. The van der Waals surface area contributed by atoms with E-state index in [0.717, 1.165) is 30.6 Å². The first-order valence-corrected chi connectivity index (χ1v) is 10.1. The molecule has 2 aromatic carbocycles. The van der Waals surface area contributed by atoms with Gasteiger partial charge in [-0.25, -0.2) is 0 Å². The van der Waals surface area contributed by atoms with Crippen molar-refractivity contribution in [1.29, 1.82) is 0 Å². The highest BCUT2D eigenvalue weighted by molar-refractivity contribution is 5.81. The van der Waals surface area contributed by atoms with Gasteiger partial charge in [-0.2, -0.15) is 0 Å². The number of aliphatic hydroxyl groups excluding tert-OH is 1. The van der Waals surface area contributed by atoms with Gasteiger partial charge in [0.05, 0.1) is 30.2 Å². The van der Waals surface area contributed by atoms with Crippen LogP contribution in [-0.2, 0) is 16.0 Å². The summed E-state index contributed by atoms with van der Waals surface area (Å²) in [6.45, 7) is 2.31. The van der Waals surface area contributed by atoms with E-state index in [1.165, 1.54) is 11.1 Å². The van der Waals surface area contributed by atoms with Gasteiger partial charge in [-0.1, -0.05) is 36.4 Å². The van der Waals surface area contributed by atoms with E-state index in [4.69, 9.17) is 4.74 Å². The molecule has 148 valence electrons. The summed E-state index contributed by atoms with van der Waals surface area (Å²) < 4.78 is 6.12. The molecule has 0 aromatic heterocycles. The average Bonchev–Trinajstić information content (AvgIpc) is 3.02. The van der Waals surface area contributed by atoms with Gasteiger partial charge in [-0.15, -0.1) is 0 Å². The number of aryl methyl sites for hydroxylation is 1. The van der Waals surface area contributed by atoms with Gasteiger partial charge < -0.3 is 20.1 Å². The number of hydrogen-bond donors (Lipinski definition) is 2. The van der Waals surface area contributed by atoms with Crippen molar-refractivity contribution in [2.45, 2.75) is 51.0 Å². The predicted molar refractivity (Wildman–Crippen MR) is 111 cm³/mol. The van der Waals surface area contributed by atoms with E-state index >= 15 is 0 Å². The summed E-state index contributed by atoms with van der Waals surface area (Å²) in [5.74, 6) is 0.125. The Morgan fingerprint density at radius 1 is 1.25 bits per heavy atom. The van der Waals surface area contributed by atoms with Gasteiger partial charge in [0.1, 0.15) is 11.9 Å². The maximum atomic E-state index is 11.7. The van der Waals surface area contributed by atoms with Gasteiger partial charge >= 0.3 is 0 Å². The van der Waals surface area contributed by atoms with Crippen LogP contribution in [0.3, 0.4) is 0 Å². The molecule has 5 heteroatoms. The van der Waals surface area contributed by atoms with E-state index < -0.39 is 6.10 Å². The van der Waals surface area contributed by atoms with Crippen LogP contribution in [0.5, 0.6) is 0 Å². The lowest BCUT2D eigenvalue weighted by Gasteiger charge is -2.30. The predicted octanol–water partition coefficient (Wildman–Crippen LogP) is 3.68. The van der Waals surface area contributed by atoms with Crippen LogP contribution in [0, 0.1) is 0 Å². The standard InChI is InChI=1S/C23H28N2O3/c1-16(26)13-23-24-20-10-4-5-11-21(20)25(23)14-18(27)15-28-22-12-6-8-17-7-2-3-9-19(17)22/h2-5,7,9-11,18,22-24,27H,6,8,12-15H2,1H3/t18-,22-,23?/m0/s1. The molecule has 3 atom stereocenters.